The van der Waals surface area contributed by atoms with Crippen molar-refractivity contribution in [2.45, 2.75) is 37.6 Å². The Bertz CT molecular complexity index is 762. The molecule has 2 heterocycles. The number of imidazole rings is 1. The zero-order chi connectivity index (χ0) is 17.0. The van der Waals surface area contributed by atoms with Crippen LogP contribution < -0.4 is 9.62 Å². The highest BCUT2D eigenvalue weighted by Crippen LogP contribution is 2.20. The predicted molar refractivity (Wildman–Crippen MR) is 94.7 cm³/mol. The van der Waals surface area contributed by atoms with Crippen LogP contribution in [0, 0.1) is 6.92 Å². The van der Waals surface area contributed by atoms with Gasteiger partial charge in [-0.1, -0.05) is 12.1 Å². The lowest BCUT2D eigenvalue weighted by Gasteiger charge is -2.28. The first-order valence-corrected chi connectivity index (χ1v) is 9.88. The lowest BCUT2D eigenvalue weighted by molar-refractivity contribution is 0.577. The fourth-order valence-corrected chi connectivity index (χ4v) is 4.20. The maximum atomic E-state index is 12.2. The summed E-state index contributed by atoms with van der Waals surface area (Å²) in [6.07, 6.45) is 5.89. The van der Waals surface area contributed by atoms with E-state index in [1.807, 2.05) is 0 Å². The second-order valence-corrected chi connectivity index (χ2v) is 7.88. The van der Waals surface area contributed by atoms with Gasteiger partial charge in [0.15, 0.2) is 5.03 Å². The van der Waals surface area contributed by atoms with Crippen molar-refractivity contribution in [2.24, 2.45) is 0 Å². The number of H-pyrrole nitrogens is 1. The van der Waals surface area contributed by atoms with Gasteiger partial charge in [0.1, 0.15) is 0 Å². The van der Waals surface area contributed by atoms with Gasteiger partial charge in [-0.15, -0.1) is 0 Å². The molecule has 0 unspecified atom stereocenters. The molecule has 1 aliphatic rings. The standard InChI is InChI=1S/C17H24N4O2S/c1-14-17(19-13-18-14)24(22,23)20-10-9-15-5-7-16(8-6-15)21-11-3-2-4-12-21/h5-8,13,20H,2-4,9-12H2,1H3,(H,18,19). The van der Waals surface area contributed by atoms with Crippen LogP contribution in [-0.2, 0) is 16.4 Å². The number of piperidine rings is 1. The molecule has 1 aromatic heterocycles. The first-order chi connectivity index (χ1) is 11.6. The molecule has 2 N–H and O–H groups in total. The van der Waals surface area contributed by atoms with Crippen molar-refractivity contribution in [3.05, 3.63) is 41.9 Å². The Balaban J connectivity index is 1.54. The van der Waals surface area contributed by atoms with E-state index in [0.29, 0.717) is 18.7 Å². The third kappa shape index (κ3) is 3.96. The highest BCUT2D eigenvalue weighted by atomic mass is 32.2. The number of aryl methyl sites for hydroxylation is 1. The van der Waals surface area contributed by atoms with Crippen molar-refractivity contribution in [3.63, 3.8) is 0 Å². The van der Waals surface area contributed by atoms with Gasteiger partial charge in [0, 0.05) is 25.3 Å². The Morgan fingerprint density at radius 2 is 1.88 bits per heavy atom. The van der Waals surface area contributed by atoms with E-state index in [-0.39, 0.29) is 5.03 Å². The molecule has 6 nitrogen and oxygen atoms in total. The molecule has 24 heavy (non-hydrogen) atoms. The van der Waals surface area contributed by atoms with Crippen LogP contribution in [0.4, 0.5) is 5.69 Å². The number of benzene rings is 1. The van der Waals surface area contributed by atoms with E-state index in [4.69, 9.17) is 0 Å². The Morgan fingerprint density at radius 3 is 2.50 bits per heavy atom. The van der Waals surface area contributed by atoms with Gasteiger partial charge >= 0.3 is 0 Å². The molecule has 0 atom stereocenters. The second kappa shape index (κ2) is 7.36. The van der Waals surface area contributed by atoms with E-state index < -0.39 is 10.0 Å². The Kier molecular flexibility index (Phi) is 5.20. The normalized spacial score (nSPS) is 15.6. The SMILES string of the molecule is Cc1[nH]cnc1S(=O)(=O)NCCc1ccc(N2CCCCC2)cc1. The van der Waals surface area contributed by atoms with Gasteiger partial charge < -0.3 is 9.88 Å². The third-order valence-corrected chi connectivity index (χ3v) is 5.91. The van der Waals surface area contributed by atoms with Crippen LogP contribution in [0.2, 0.25) is 0 Å². The lowest BCUT2D eigenvalue weighted by Crippen LogP contribution is -2.29. The van der Waals surface area contributed by atoms with E-state index in [1.165, 1.54) is 31.3 Å². The highest BCUT2D eigenvalue weighted by Gasteiger charge is 2.18. The molecule has 1 aliphatic heterocycles. The lowest BCUT2D eigenvalue weighted by atomic mass is 10.1. The predicted octanol–water partition coefficient (Wildman–Crippen LogP) is 2.23. The van der Waals surface area contributed by atoms with Crippen molar-refractivity contribution in [2.75, 3.05) is 24.5 Å². The van der Waals surface area contributed by atoms with E-state index >= 15 is 0 Å². The zero-order valence-corrected chi connectivity index (χ0v) is 14.8. The summed E-state index contributed by atoms with van der Waals surface area (Å²) in [6.45, 7) is 4.31. The van der Waals surface area contributed by atoms with Crippen LogP contribution in [0.1, 0.15) is 30.5 Å². The average Bonchev–Trinajstić information content (AvgIpc) is 3.03. The van der Waals surface area contributed by atoms with Gasteiger partial charge in [0.25, 0.3) is 10.0 Å². The second-order valence-electron chi connectivity index (χ2n) is 6.19. The largest absolute Gasteiger partial charge is 0.372 e. The monoisotopic (exact) mass is 348 g/mol. The first kappa shape index (κ1) is 17.0. The van der Waals surface area contributed by atoms with Crippen LogP contribution in [0.3, 0.4) is 0 Å². The van der Waals surface area contributed by atoms with Crippen LogP contribution in [0.15, 0.2) is 35.6 Å². The Hall–Kier alpha value is -1.86. The first-order valence-electron chi connectivity index (χ1n) is 8.40. The number of hydrogen-bond acceptors (Lipinski definition) is 4. The van der Waals surface area contributed by atoms with Crippen LogP contribution in [0.25, 0.3) is 0 Å². The zero-order valence-electron chi connectivity index (χ0n) is 14.0. The minimum Gasteiger partial charge on any atom is -0.372 e. The summed E-state index contributed by atoms with van der Waals surface area (Å²) in [5, 5.41) is 0.0722. The summed E-state index contributed by atoms with van der Waals surface area (Å²) in [5.74, 6) is 0. The molecule has 3 rings (SSSR count). The Labute approximate surface area is 143 Å². The number of rotatable bonds is 6. The molecule has 0 spiro atoms. The summed E-state index contributed by atoms with van der Waals surface area (Å²) in [7, 11) is -3.54. The summed E-state index contributed by atoms with van der Waals surface area (Å²) >= 11 is 0. The number of nitrogens with zero attached hydrogens (tertiary/aromatic N) is 2. The number of nitrogens with one attached hydrogen (secondary N) is 2. The fraction of sp³-hybridized carbons (Fsp3) is 0.471. The molecule has 0 saturated carbocycles. The molecule has 0 aliphatic carbocycles. The van der Waals surface area contributed by atoms with Gasteiger partial charge in [0.2, 0.25) is 0 Å². The Morgan fingerprint density at radius 1 is 1.17 bits per heavy atom. The number of aromatic nitrogens is 2. The molecule has 0 amide bonds. The molecular weight excluding hydrogens is 324 g/mol. The molecule has 7 heteroatoms. The average molecular weight is 348 g/mol. The van der Waals surface area contributed by atoms with E-state index in [1.54, 1.807) is 6.92 Å². The van der Waals surface area contributed by atoms with E-state index in [9.17, 15) is 8.42 Å². The number of hydrogen-bond donors (Lipinski definition) is 2. The molecular formula is C17H24N4O2S. The minimum absolute atomic E-state index is 0.0722. The van der Waals surface area contributed by atoms with Gasteiger partial charge in [-0.2, -0.15) is 0 Å². The van der Waals surface area contributed by atoms with Crippen LogP contribution >= 0.6 is 0 Å². The molecule has 0 radical (unpaired) electrons. The summed E-state index contributed by atoms with van der Waals surface area (Å²) in [4.78, 5) is 9.06. The molecule has 1 saturated heterocycles. The van der Waals surface area contributed by atoms with Crippen molar-refractivity contribution in [3.8, 4) is 0 Å². The van der Waals surface area contributed by atoms with Crippen molar-refractivity contribution in [1.29, 1.82) is 0 Å². The molecule has 130 valence electrons. The summed E-state index contributed by atoms with van der Waals surface area (Å²) in [5.41, 5.74) is 2.93. The summed E-state index contributed by atoms with van der Waals surface area (Å²) < 4.78 is 26.9. The minimum atomic E-state index is -3.54. The quantitative estimate of drug-likeness (QED) is 0.839. The number of anilines is 1. The maximum Gasteiger partial charge on any atom is 0.259 e. The van der Waals surface area contributed by atoms with Crippen LogP contribution in [-0.4, -0.2) is 38.0 Å². The number of aromatic amines is 1. The number of sulfonamides is 1. The molecule has 2 aromatic rings. The maximum absolute atomic E-state index is 12.2. The summed E-state index contributed by atoms with van der Waals surface area (Å²) in [6, 6.07) is 8.43. The van der Waals surface area contributed by atoms with E-state index in [0.717, 1.165) is 18.7 Å². The topological polar surface area (TPSA) is 78.1 Å². The van der Waals surface area contributed by atoms with Gasteiger partial charge in [-0.05, 0) is 50.3 Å². The van der Waals surface area contributed by atoms with Gasteiger partial charge in [-0.25, -0.2) is 18.1 Å². The van der Waals surface area contributed by atoms with Crippen molar-refractivity contribution < 1.29 is 8.42 Å². The van der Waals surface area contributed by atoms with Gasteiger partial charge in [-0.3, -0.25) is 0 Å². The molecule has 1 fully saturated rings. The van der Waals surface area contributed by atoms with Crippen molar-refractivity contribution >= 4 is 15.7 Å². The van der Waals surface area contributed by atoms with Gasteiger partial charge in [0.05, 0.1) is 12.0 Å². The van der Waals surface area contributed by atoms with E-state index in [2.05, 4.69) is 43.9 Å². The fourth-order valence-electron chi connectivity index (χ4n) is 3.04. The highest BCUT2D eigenvalue weighted by molar-refractivity contribution is 7.89. The molecule has 0 bridgehead atoms. The third-order valence-electron chi connectivity index (χ3n) is 4.40. The smallest absolute Gasteiger partial charge is 0.259 e. The molecule has 1 aromatic carbocycles. The van der Waals surface area contributed by atoms with Crippen LogP contribution in [0.5, 0.6) is 0 Å². The van der Waals surface area contributed by atoms with Crippen molar-refractivity contribution in [1.82, 2.24) is 14.7 Å².